The first-order valence-corrected chi connectivity index (χ1v) is 5.27. The molecule has 0 spiro atoms. The van der Waals surface area contributed by atoms with Crippen LogP contribution in [0.2, 0.25) is 0 Å². The summed E-state index contributed by atoms with van der Waals surface area (Å²) in [7, 11) is 2.57. The van der Waals surface area contributed by atoms with E-state index in [-0.39, 0.29) is 41.4 Å². The fourth-order valence-corrected chi connectivity index (χ4v) is 1.50. The Morgan fingerprint density at radius 3 is 2.44 bits per heavy atom. The molecule has 1 rings (SSSR count). The number of methoxy groups -OCH3 is 2. The number of esters is 1. The average molecular weight is 253 g/mol. The lowest BCUT2D eigenvalue weighted by Crippen LogP contribution is -2.11. The molecule has 6 heteroatoms. The molecule has 0 bridgehead atoms. The molecule has 3 N–H and O–H groups in total. The van der Waals surface area contributed by atoms with E-state index in [9.17, 15) is 14.7 Å². The summed E-state index contributed by atoms with van der Waals surface area (Å²) in [4.78, 5) is 23.2. The largest absolute Gasteiger partial charge is 0.507 e. The van der Waals surface area contributed by atoms with Gasteiger partial charge in [-0.15, -0.1) is 0 Å². The molecule has 0 unspecified atom stereocenters. The van der Waals surface area contributed by atoms with Crippen molar-refractivity contribution in [3.63, 3.8) is 0 Å². The van der Waals surface area contributed by atoms with Gasteiger partial charge < -0.3 is 20.3 Å². The summed E-state index contributed by atoms with van der Waals surface area (Å²) in [6, 6.07) is 2.45. The molecule has 0 amide bonds. The van der Waals surface area contributed by atoms with E-state index in [1.165, 1.54) is 26.4 Å². The zero-order valence-corrected chi connectivity index (χ0v) is 10.2. The lowest BCUT2D eigenvalue weighted by Gasteiger charge is -2.10. The lowest BCUT2D eigenvalue weighted by atomic mass is 10.0. The lowest BCUT2D eigenvalue weighted by molar-refractivity contribution is 0.0597. The van der Waals surface area contributed by atoms with Gasteiger partial charge in [-0.3, -0.25) is 4.79 Å². The summed E-state index contributed by atoms with van der Waals surface area (Å²) in [6.07, 6.45) is 0.0838. The van der Waals surface area contributed by atoms with E-state index < -0.39 is 5.97 Å². The van der Waals surface area contributed by atoms with Crippen molar-refractivity contribution < 1.29 is 24.2 Å². The van der Waals surface area contributed by atoms with Gasteiger partial charge in [0.05, 0.1) is 19.8 Å². The van der Waals surface area contributed by atoms with Gasteiger partial charge >= 0.3 is 5.97 Å². The molecule has 0 aliphatic rings. The summed E-state index contributed by atoms with van der Waals surface area (Å²) < 4.78 is 9.52. The van der Waals surface area contributed by atoms with Gasteiger partial charge in [-0.2, -0.15) is 0 Å². The molecule has 98 valence electrons. The van der Waals surface area contributed by atoms with Gasteiger partial charge in [0.25, 0.3) is 0 Å². The van der Waals surface area contributed by atoms with Crippen LogP contribution in [0.3, 0.4) is 0 Å². The Morgan fingerprint density at radius 1 is 1.28 bits per heavy atom. The molecule has 0 aromatic heterocycles. The van der Waals surface area contributed by atoms with Crippen molar-refractivity contribution in [1.82, 2.24) is 0 Å². The molecule has 0 aliphatic carbocycles. The van der Waals surface area contributed by atoms with E-state index >= 15 is 0 Å². The molecule has 1 aromatic carbocycles. The van der Waals surface area contributed by atoms with Crippen molar-refractivity contribution in [2.75, 3.05) is 20.8 Å². The maximum Gasteiger partial charge on any atom is 0.341 e. The van der Waals surface area contributed by atoms with Gasteiger partial charge in [0, 0.05) is 12.5 Å². The highest BCUT2D eigenvalue weighted by Gasteiger charge is 2.19. The van der Waals surface area contributed by atoms with E-state index in [2.05, 4.69) is 4.74 Å². The number of rotatable bonds is 5. The van der Waals surface area contributed by atoms with E-state index in [0.29, 0.717) is 0 Å². The first kappa shape index (κ1) is 14.0. The summed E-state index contributed by atoms with van der Waals surface area (Å²) in [6.45, 7) is 0.165. The number of nitrogens with two attached hydrogens (primary N) is 1. The smallest absolute Gasteiger partial charge is 0.341 e. The number of ketones is 1. The predicted octanol–water partition coefficient (Wildman–Crippen LogP) is 0.719. The van der Waals surface area contributed by atoms with E-state index in [1.807, 2.05) is 0 Å². The van der Waals surface area contributed by atoms with Crippen LogP contribution in [-0.2, 0) is 4.74 Å². The van der Waals surface area contributed by atoms with Crippen molar-refractivity contribution in [2.45, 2.75) is 6.42 Å². The summed E-state index contributed by atoms with van der Waals surface area (Å²) >= 11 is 0. The van der Waals surface area contributed by atoms with Crippen LogP contribution in [0.5, 0.6) is 11.5 Å². The molecule has 18 heavy (non-hydrogen) atoms. The molecular formula is C12H15NO5. The van der Waals surface area contributed by atoms with Crippen LogP contribution < -0.4 is 10.5 Å². The van der Waals surface area contributed by atoms with Crippen LogP contribution in [-0.4, -0.2) is 37.6 Å². The van der Waals surface area contributed by atoms with Crippen molar-refractivity contribution >= 4 is 11.8 Å². The molecule has 0 atom stereocenters. The second-order valence-corrected chi connectivity index (χ2v) is 3.52. The average Bonchev–Trinajstić information content (AvgIpc) is 2.37. The van der Waals surface area contributed by atoms with Crippen molar-refractivity contribution in [3.8, 4) is 11.5 Å². The molecule has 6 nitrogen and oxygen atoms in total. The number of ether oxygens (including phenoxy) is 2. The van der Waals surface area contributed by atoms with Gasteiger partial charge in [-0.25, -0.2) is 4.79 Å². The highest BCUT2D eigenvalue weighted by molar-refractivity contribution is 6.02. The highest BCUT2D eigenvalue weighted by atomic mass is 16.5. The van der Waals surface area contributed by atoms with Crippen LogP contribution in [0.4, 0.5) is 0 Å². The quantitative estimate of drug-likeness (QED) is 0.592. The minimum absolute atomic E-state index is 0.0293. The second-order valence-electron chi connectivity index (χ2n) is 3.52. The molecule has 1 aromatic rings. The van der Waals surface area contributed by atoms with Gasteiger partial charge in [0.15, 0.2) is 5.78 Å². The predicted molar refractivity (Wildman–Crippen MR) is 64.0 cm³/mol. The Balaban J connectivity index is 3.29. The number of hydrogen-bond acceptors (Lipinski definition) is 6. The number of benzene rings is 1. The first-order chi connectivity index (χ1) is 8.54. The van der Waals surface area contributed by atoms with Crippen LogP contribution in [0, 0.1) is 0 Å². The van der Waals surface area contributed by atoms with Crippen molar-refractivity contribution in [3.05, 3.63) is 23.3 Å². The number of phenolic OH excluding ortho intramolecular Hbond substituents is 1. The monoisotopic (exact) mass is 253 g/mol. The van der Waals surface area contributed by atoms with Crippen LogP contribution >= 0.6 is 0 Å². The Kier molecular flexibility index (Phi) is 4.67. The maximum absolute atomic E-state index is 11.7. The number of Topliss-reactive ketones (excluding diaryl/α,β-unsaturated/α-hetero) is 1. The SMILES string of the molecule is COC(=O)c1cc(C(=O)CCN)c(O)cc1OC. The van der Waals surface area contributed by atoms with Gasteiger partial charge in [-0.1, -0.05) is 0 Å². The second kappa shape index (κ2) is 6.02. The van der Waals surface area contributed by atoms with Crippen LogP contribution in [0.15, 0.2) is 12.1 Å². The fourth-order valence-electron chi connectivity index (χ4n) is 1.50. The summed E-state index contributed by atoms with van der Waals surface area (Å²) in [5.41, 5.74) is 5.39. The first-order valence-electron chi connectivity index (χ1n) is 5.27. The van der Waals surface area contributed by atoms with Crippen molar-refractivity contribution in [1.29, 1.82) is 0 Å². The summed E-state index contributed by atoms with van der Waals surface area (Å²) in [5, 5.41) is 9.70. The fraction of sp³-hybridized carbons (Fsp3) is 0.333. The Hall–Kier alpha value is -2.08. The summed E-state index contributed by atoms with van der Waals surface area (Å²) in [5.74, 6) is -1.10. The van der Waals surface area contributed by atoms with E-state index in [4.69, 9.17) is 10.5 Å². The molecule has 0 radical (unpaired) electrons. The third-order valence-corrected chi connectivity index (χ3v) is 2.39. The third-order valence-electron chi connectivity index (χ3n) is 2.39. The molecular weight excluding hydrogens is 238 g/mol. The molecule has 0 saturated carbocycles. The van der Waals surface area contributed by atoms with Crippen LogP contribution in [0.25, 0.3) is 0 Å². The number of carbonyl (C=O) groups excluding carboxylic acids is 2. The number of aromatic hydroxyl groups is 1. The maximum atomic E-state index is 11.7. The zero-order chi connectivity index (χ0) is 13.7. The number of hydrogen-bond donors (Lipinski definition) is 2. The van der Waals surface area contributed by atoms with Crippen LogP contribution in [0.1, 0.15) is 27.1 Å². The Bertz CT molecular complexity index is 470. The van der Waals surface area contributed by atoms with Gasteiger partial charge in [0.1, 0.15) is 17.1 Å². The zero-order valence-electron chi connectivity index (χ0n) is 10.2. The molecule has 0 saturated heterocycles. The normalized spacial score (nSPS) is 9.94. The molecule has 0 aliphatic heterocycles. The Morgan fingerprint density at radius 2 is 1.94 bits per heavy atom. The standard InChI is InChI=1S/C12H15NO5/c1-17-11-6-10(15)7(9(14)3-4-13)5-8(11)12(16)18-2/h5-6,15H,3-4,13H2,1-2H3. The molecule has 0 fully saturated rings. The van der Waals surface area contributed by atoms with Gasteiger partial charge in [0.2, 0.25) is 0 Å². The number of carbonyl (C=O) groups is 2. The highest BCUT2D eigenvalue weighted by Crippen LogP contribution is 2.29. The van der Waals surface area contributed by atoms with E-state index in [0.717, 1.165) is 0 Å². The third kappa shape index (κ3) is 2.78. The minimum Gasteiger partial charge on any atom is -0.507 e. The van der Waals surface area contributed by atoms with Crippen molar-refractivity contribution in [2.24, 2.45) is 5.73 Å². The number of phenols is 1. The van der Waals surface area contributed by atoms with Gasteiger partial charge in [-0.05, 0) is 12.6 Å². The minimum atomic E-state index is -0.645. The van der Waals surface area contributed by atoms with E-state index in [1.54, 1.807) is 0 Å². The Labute approximate surface area is 104 Å². The molecule has 0 heterocycles. The topological polar surface area (TPSA) is 98.9 Å².